The molecule has 0 aromatic carbocycles. The van der Waals surface area contributed by atoms with Crippen LogP contribution in [-0.2, 0) is 0 Å². The molecule has 5 atom stereocenters. The van der Waals surface area contributed by atoms with Gasteiger partial charge in [0.15, 0.2) is 0 Å². The van der Waals surface area contributed by atoms with Crippen molar-refractivity contribution >= 4 is 0 Å². The van der Waals surface area contributed by atoms with E-state index >= 15 is 0 Å². The first-order valence-corrected chi connectivity index (χ1v) is 5.90. The molecule has 3 fully saturated rings. The van der Waals surface area contributed by atoms with E-state index in [1.165, 1.54) is 25.7 Å². The minimum absolute atomic E-state index is 0.481. The van der Waals surface area contributed by atoms with E-state index in [1.54, 1.807) is 0 Å². The quantitative estimate of drug-likeness (QED) is 0.628. The molecule has 0 heterocycles. The zero-order valence-corrected chi connectivity index (χ0v) is 8.58. The van der Waals surface area contributed by atoms with Gasteiger partial charge in [-0.25, -0.2) is 0 Å². The van der Waals surface area contributed by atoms with Gasteiger partial charge in [0.2, 0.25) is 0 Å². The molecule has 1 N–H and O–H groups in total. The normalized spacial score (nSPS) is 54.6. The summed E-state index contributed by atoms with van der Waals surface area (Å²) in [5.41, 5.74) is -0.481. The molecule has 0 radical (unpaired) electrons. The molecule has 3 saturated carbocycles. The summed E-state index contributed by atoms with van der Waals surface area (Å²) in [6, 6.07) is 0. The number of terminal acetylenes is 1. The fourth-order valence-corrected chi connectivity index (χ4v) is 4.62. The summed E-state index contributed by atoms with van der Waals surface area (Å²) in [7, 11) is 0. The van der Waals surface area contributed by atoms with Crippen LogP contribution in [0.4, 0.5) is 0 Å². The highest BCUT2D eigenvalue weighted by Gasteiger charge is 2.59. The molecule has 0 spiro atoms. The van der Waals surface area contributed by atoms with Crippen LogP contribution in [0.15, 0.2) is 0 Å². The summed E-state index contributed by atoms with van der Waals surface area (Å²) in [5, 5.41) is 10.5. The van der Waals surface area contributed by atoms with Crippen LogP contribution in [0.25, 0.3) is 0 Å². The monoisotopic (exact) mass is 190 g/mol. The van der Waals surface area contributed by atoms with Gasteiger partial charge in [-0.2, -0.15) is 0 Å². The smallest absolute Gasteiger partial charge is 0.0789 e. The molecule has 76 valence electrons. The van der Waals surface area contributed by atoms with Gasteiger partial charge < -0.3 is 5.11 Å². The van der Waals surface area contributed by atoms with Gasteiger partial charge in [-0.1, -0.05) is 6.42 Å². The van der Waals surface area contributed by atoms with Gasteiger partial charge in [-0.3, -0.25) is 0 Å². The van der Waals surface area contributed by atoms with E-state index < -0.39 is 5.60 Å². The number of hydrogen-bond acceptors (Lipinski definition) is 1. The Morgan fingerprint density at radius 1 is 1.36 bits per heavy atom. The first kappa shape index (κ1) is 8.80. The van der Waals surface area contributed by atoms with Crippen LogP contribution in [0, 0.1) is 36.0 Å². The van der Waals surface area contributed by atoms with Crippen molar-refractivity contribution in [2.24, 2.45) is 23.7 Å². The second-order valence-electron chi connectivity index (χ2n) is 5.55. The summed E-state index contributed by atoms with van der Waals surface area (Å²) in [5.74, 6) is 5.75. The number of hydrogen-bond donors (Lipinski definition) is 1. The van der Waals surface area contributed by atoms with Crippen molar-refractivity contribution in [3.05, 3.63) is 0 Å². The van der Waals surface area contributed by atoms with Crippen LogP contribution < -0.4 is 0 Å². The van der Waals surface area contributed by atoms with Crippen LogP contribution in [0.2, 0.25) is 0 Å². The van der Waals surface area contributed by atoms with Crippen LogP contribution in [0.5, 0.6) is 0 Å². The van der Waals surface area contributed by atoms with Crippen LogP contribution in [0.3, 0.4) is 0 Å². The second kappa shape index (κ2) is 2.76. The Balaban J connectivity index is 1.86. The van der Waals surface area contributed by atoms with E-state index in [2.05, 4.69) is 5.92 Å². The van der Waals surface area contributed by atoms with E-state index in [9.17, 15) is 5.11 Å². The van der Waals surface area contributed by atoms with Crippen molar-refractivity contribution in [2.75, 3.05) is 0 Å². The third-order valence-electron chi connectivity index (χ3n) is 5.02. The van der Waals surface area contributed by atoms with E-state index in [0.29, 0.717) is 12.3 Å². The molecule has 0 saturated heterocycles. The molecule has 3 aliphatic rings. The topological polar surface area (TPSA) is 20.2 Å². The molecular formula is C13H18O. The third kappa shape index (κ3) is 0.956. The maximum Gasteiger partial charge on any atom is 0.0789 e. The Hall–Kier alpha value is -0.480. The lowest BCUT2D eigenvalue weighted by Crippen LogP contribution is -2.40. The molecule has 0 aromatic rings. The van der Waals surface area contributed by atoms with Crippen molar-refractivity contribution in [3.8, 4) is 12.3 Å². The molecule has 0 aromatic heterocycles. The highest BCUT2D eigenvalue weighted by molar-refractivity contribution is 5.13. The zero-order chi connectivity index (χ0) is 9.76. The Morgan fingerprint density at radius 3 is 2.93 bits per heavy atom. The molecule has 1 heteroatoms. The van der Waals surface area contributed by atoms with Crippen molar-refractivity contribution in [2.45, 2.75) is 44.1 Å². The minimum Gasteiger partial charge on any atom is -0.389 e. The van der Waals surface area contributed by atoms with Gasteiger partial charge in [-0.05, 0) is 49.4 Å². The summed E-state index contributed by atoms with van der Waals surface area (Å²) in [6.45, 7) is 0. The lowest BCUT2D eigenvalue weighted by Gasteiger charge is -2.37. The number of aliphatic hydroxyl groups is 1. The van der Waals surface area contributed by atoms with Gasteiger partial charge >= 0.3 is 0 Å². The Morgan fingerprint density at radius 2 is 2.14 bits per heavy atom. The Bertz CT molecular complexity index is 290. The lowest BCUT2D eigenvalue weighted by atomic mass is 9.72. The van der Waals surface area contributed by atoms with Crippen molar-refractivity contribution in [3.63, 3.8) is 0 Å². The van der Waals surface area contributed by atoms with Gasteiger partial charge in [-0.15, -0.1) is 12.3 Å². The first-order valence-electron chi connectivity index (χ1n) is 5.90. The number of rotatable bonds is 1. The van der Waals surface area contributed by atoms with E-state index in [1.807, 2.05) is 0 Å². The highest BCUT2D eigenvalue weighted by atomic mass is 16.3. The summed E-state index contributed by atoms with van der Waals surface area (Å²) in [6.07, 6.45) is 12.3. The highest BCUT2D eigenvalue weighted by Crippen LogP contribution is 2.62. The molecule has 0 amide bonds. The van der Waals surface area contributed by atoms with Crippen LogP contribution >= 0.6 is 0 Å². The summed E-state index contributed by atoms with van der Waals surface area (Å²) < 4.78 is 0. The molecule has 3 rings (SSSR count). The predicted octanol–water partition coefficient (Wildman–Crippen LogP) is 2.20. The van der Waals surface area contributed by atoms with Gasteiger partial charge in [0.25, 0.3) is 0 Å². The SMILES string of the molecule is C#CCC1(O)CC2CC1C1CCCC21. The van der Waals surface area contributed by atoms with Gasteiger partial charge in [0.05, 0.1) is 5.60 Å². The standard InChI is InChI=1S/C13H18O/c1-2-6-13(14)8-9-7-12(13)11-5-3-4-10(9)11/h1,9-12,14H,3-8H2. The van der Waals surface area contributed by atoms with Gasteiger partial charge in [0.1, 0.15) is 0 Å². The average molecular weight is 190 g/mol. The van der Waals surface area contributed by atoms with Gasteiger partial charge in [0, 0.05) is 6.42 Å². The van der Waals surface area contributed by atoms with E-state index in [-0.39, 0.29) is 0 Å². The fraction of sp³-hybridized carbons (Fsp3) is 0.846. The van der Waals surface area contributed by atoms with Crippen LogP contribution in [-0.4, -0.2) is 10.7 Å². The van der Waals surface area contributed by atoms with E-state index in [4.69, 9.17) is 6.42 Å². The largest absolute Gasteiger partial charge is 0.389 e. The summed E-state index contributed by atoms with van der Waals surface area (Å²) in [4.78, 5) is 0. The molecular weight excluding hydrogens is 172 g/mol. The zero-order valence-electron chi connectivity index (χ0n) is 8.58. The molecule has 1 nitrogen and oxygen atoms in total. The predicted molar refractivity (Wildman–Crippen MR) is 55.4 cm³/mol. The maximum absolute atomic E-state index is 10.5. The first-order chi connectivity index (χ1) is 6.74. The van der Waals surface area contributed by atoms with Crippen molar-refractivity contribution < 1.29 is 5.11 Å². The minimum atomic E-state index is -0.481. The molecule has 14 heavy (non-hydrogen) atoms. The maximum atomic E-state index is 10.5. The summed E-state index contributed by atoms with van der Waals surface area (Å²) >= 11 is 0. The van der Waals surface area contributed by atoms with E-state index in [0.717, 1.165) is 24.2 Å². The second-order valence-corrected chi connectivity index (χ2v) is 5.55. The molecule has 5 unspecified atom stereocenters. The molecule has 3 aliphatic carbocycles. The Labute approximate surface area is 85.9 Å². The molecule has 2 bridgehead atoms. The van der Waals surface area contributed by atoms with Crippen molar-refractivity contribution in [1.82, 2.24) is 0 Å². The average Bonchev–Trinajstić information content (AvgIpc) is 2.72. The lowest BCUT2D eigenvalue weighted by molar-refractivity contribution is -0.0412. The van der Waals surface area contributed by atoms with Crippen molar-refractivity contribution in [1.29, 1.82) is 0 Å². The number of fused-ring (bicyclic) bond motifs is 5. The third-order valence-corrected chi connectivity index (χ3v) is 5.02. The Kier molecular flexibility index (Phi) is 1.74. The fourth-order valence-electron chi connectivity index (χ4n) is 4.62. The molecule has 0 aliphatic heterocycles. The van der Waals surface area contributed by atoms with Crippen LogP contribution in [0.1, 0.15) is 38.5 Å².